The zero-order chi connectivity index (χ0) is 14.5. The summed E-state index contributed by atoms with van der Waals surface area (Å²) in [5, 5.41) is 12.5. The summed E-state index contributed by atoms with van der Waals surface area (Å²) < 4.78 is 7.18. The van der Waals surface area contributed by atoms with Gasteiger partial charge in [-0.2, -0.15) is 5.10 Å². The van der Waals surface area contributed by atoms with Gasteiger partial charge in [0, 0.05) is 18.9 Å². The average molecular weight is 302 g/mol. The molecule has 0 saturated heterocycles. The molecule has 0 unspecified atom stereocenters. The summed E-state index contributed by atoms with van der Waals surface area (Å²) in [6.07, 6.45) is 5.14. The Kier molecular flexibility index (Phi) is 4.02. The number of aromatic nitrogens is 2. The van der Waals surface area contributed by atoms with Crippen LogP contribution in [0.2, 0.25) is 0 Å². The van der Waals surface area contributed by atoms with Gasteiger partial charge in [0.2, 0.25) is 0 Å². The van der Waals surface area contributed by atoms with E-state index in [9.17, 15) is 4.79 Å². The molecule has 2 amide bonds. The fourth-order valence-electron chi connectivity index (χ4n) is 1.97. The smallest absolute Gasteiger partial charge is 0.319 e. The third kappa shape index (κ3) is 3.32. The lowest BCUT2D eigenvalue weighted by Crippen LogP contribution is -2.34. The molecule has 21 heavy (non-hydrogen) atoms. The Bertz CT molecular complexity index is 628. The molecule has 108 valence electrons. The van der Waals surface area contributed by atoms with Gasteiger partial charge in [0.1, 0.15) is 11.8 Å². The fourth-order valence-corrected chi connectivity index (χ4v) is 2.58. The standard InChI is InChI=1S/C14H14N4O2S/c19-14(17-13-5-2-9-21-13)15-10-11(12-4-1-8-20-12)18-7-3-6-16-18/h1-9,11H,10H2,(H2,15,17,19)/t11-/m0/s1. The average Bonchev–Trinajstić information content (AvgIpc) is 3.23. The van der Waals surface area contributed by atoms with E-state index in [1.165, 1.54) is 11.3 Å². The van der Waals surface area contributed by atoms with E-state index in [-0.39, 0.29) is 12.1 Å². The number of thiophene rings is 1. The van der Waals surface area contributed by atoms with Crippen molar-refractivity contribution in [2.24, 2.45) is 0 Å². The topological polar surface area (TPSA) is 72.1 Å². The fraction of sp³-hybridized carbons (Fsp3) is 0.143. The van der Waals surface area contributed by atoms with Gasteiger partial charge < -0.3 is 9.73 Å². The van der Waals surface area contributed by atoms with Gasteiger partial charge in [-0.3, -0.25) is 10.00 Å². The molecule has 0 saturated carbocycles. The maximum atomic E-state index is 11.9. The Balaban J connectivity index is 1.64. The maximum Gasteiger partial charge on any atom is 0.319 e. The number of carbonyl (C=O) groups excluding carboxylic acids is 1. The number of amides is 2. The van der Waals surface area contributed by atoms with Gasteiger partial charge in [0.15, 0.2) is 0 Å². The maximum absolute atomic E-state index is 11.9. The van der Waals surface area contributed by atoms with Crippen LogP contribution >= 0.6 is 11.3 Å². The molecule has 1 atom stereocenters. The van der Waals surface area contributed by atoms with Crippen LogP contribution in [0.3, 0.4) is 0 Å². The monoisotopic (exact) mass is 302 g/mol. The van der Waals surface area contributed by atoms with Crippen LogP contribution in [0.15, 0.2) is 58.8 Å². The van der Waals surface area contributed by atoms with E-state index in [0.29, 0.717) is 6.54 Å². The summed E-state index contributed by atoms with van der Waals surface area (Å²) in [6.45, 7) is 0.381. The summed E-state index contributed by atoms with van der Waals surface area (Å²) in [5.41, 5.74) is 0. The Labute approximate surface area is 125 Å². The van der Waals surface area contributed by atoms with E-state index in [1.54, 1.807) is 17.1 Å². The molecule has 0 fully saturated rings. The zero-order valence-electron chi connectivity index (χ0n) is 11.1. The van der Waals surface area contributed by atoms with E-state index in [2.05, 4.69) is 15.7 Å². The van der Waals surface area contributed by atoms with Crippen molar-refractivity contribution in [3.05, 3.63) is 60.1 Å². The summed E-state index contributed by atoms with van der Waals surface area (Å²) in [7, 11) is 0. The molecular formula is C14H14N4O2S. The van der Waals surface area contributed by atoms with Crippen LogP contribution in [-0.2, 0) is 0 Å². The number of hydrogen-bond acceptors (Lipinski definition) is 4. The highest BCUT2D eigenvalue weighted by Gasteiger charge is 2.17. The lowest BCUT2D eigenvalue weighted by atomic mass is 10.2. The normalized spacial score (nSPS) is 12.0. The van der Waals surface area contributed by atoms with E-state index >= 15 is 0 Å². The zero-order valence-corrected chi connectivity index (χ0v) is 11.9. The second kappa shape index (κ2) is 6.27. The number of anilines is 1. The second-order valence-corrected chi connectivity index (χ2v) is 5.28. The van der Waals surface area contributed by atoms with Gasteiger partial charge in [0.05, 0.1) is 11.3 Å². The van der Waals surface area contributed by atoms with Gasteiger partial charge in [-0.15, -0.1) is 11.3 Å². The van der Waals surface area contributed by atoms with Crippen molar-refractivity contribution >= 4 is 22.4 Å². The number of carbonyl (C=O) groups is 1. The Morgan fingerprint density at radius 3 is 3.00 bits per heavy atom. The highest BCUT2D eigenvalue weighted by molar-refractivity contribution is 7.14. The van der Waals surface area contributed by atoms with Crippen LogP contribution in [-0.4, -0.2) is 22.4 Å². The first-order chi connectivity index (χ1) is 10.3. The first-order valence-electron chi connectivity index (χ1n) is 6.44. The molecule has 3 aromatic heterocycles. The highest BCUT2D eigenvalue weighted by atomic mass is 32.1. The molecule has 0 radical (unpaired) electrons. The molecule has 6 nitrogen and oxygen atoms in total. The molecule has 0 bridgehead atoms. The van der Waals surface area contributed by atoms with Gasteiger partial charge in [-0.05, 0) is 35.7 Å². The van der Waals surface area contributed by atoms with Crippen LogP contribution in [0, 0.1) is 0 Å². The van der Waals surface area contributed by atoms with Crippen molar-refractivity contribution in [2.45, 2.75) is 6.04 Å². The molecule has 0 aliphatic heterocycles. The van der Waals surface area contributed by atoms with Gasteiger partial charge in [-0.1, -0.05) is 0 Å². The van der Waals surface area contributed by atoms with E-state index in [4.69, 9.17) is 4.42 Å². The number of hydrogen-bond donors (Lipinski definition) is 2. The largest absolute Gasteiger partial charge is 0.467 e. The summed E-state index contributed by atoms with van der Waals surface area (Å²) >= 11 is 1.47. The minimum Gasteiger partial charge on any atom is -0.467 e. The Morgan fingerprint density at radius 1 is 1.38 bits per heavy atom. The number of nitrogens with zero attached hydrogens (tertiary/aromatic N) is 2. The Hall–Kier alpha value is -2.54. The molecular weight excluding hydrogens is 288 g/mol. The third-order valence-electron chi connectivity index (χ3n) is 2.93. The lowest BCUT2D eigenvalue weighted by molar-refractivity contribution is 0.250. The van der Waals surface area contributed by atoms with Crippen molar-refractivity contribution < 1.29 is 9.21 Å². The minimum atomic E-state index is -0.249. The molecule has 0 aromatic carbocycles. The predicted octanol–water partition coefficient (Wildman–Crippen LogP) is 2.95. The van der Waals surface area contributed by atoms with Crippen molar-refractivity contribution in [1.29, 1.82) is 0 Å². The SMILES string of the molecule is O=C(NC[C@@H](c1ccco1)n1cccn1)Nc1cccs1. The third-order valence-corrected chi connectivity index (χ3v) is 3.71. The van der Waals surface area contributed by atoms with Crippen molar-refractivity contribution in [3.8, 4) is 0 Å². The number of urea groups is 1. The Morgan fingerprint density at radius 2 is 2.33 bits per heavy atom. The van der Waals surface area contributed by atoms with E-state index < -0.39 is 0 Å². The number of furan rings is 1. The summed E-state index contributed by atoms with van der Waals surface area (Å²) in [4.78, 5) is 11.9. The van der Waals surface area contributed by atoms with Gasteiger partial charge >= 0.3 is 6.03 Å². The van der Waals surface area contributed by atoms with Crippen LogP contribution in [0.4, 0.5) is 9.80 Å². The van der Waals surface area contributed by atoms with Gasteiger partial charge in [0.25, 0.3) is 0 Å². The first-order valence-corrected chi connectivity index (χ1v) is 7.32. The lowest BCUT2D eigenvalue weighted by Gasteiger charge is -2.16. The molecule has 0 aliphatic carbocycles. The molecule has 3 aromatic rings. The first kappa shape index (κ1) is 13.4. The van der Waals surface area contributed by atoms with Crippen LogP contribution in [0.25, 0.3) is 0 Å². The van der Waals surface area contributed by atoms with E-state index in [1.807, 2.05) is 41.9 Å². The summed E-state index contributed by atoms with van der Waals surface area (Å²) in [5.74, 6) is 0.745. The predicted molar refractivity (Wildman–Crippen MR) is 80.4 cm³/mol. The molecule has 3 heterocycles. The van der Waals surface area contributed by atoms with Crippen LogP contribution < -0.4 is 10.6 Å². The van der Waals surface area contributed by atoms with Crippen LogP contribution in [0.5, 0.6) is 0 Å². The number of rotatable bonds is 5. The van der Waals surface area contributed by atoms with Gasteiger partial charge in [-0.25, -0.2) is 4.79 Å². The second-order valence-electron chi connectivity index (χ2n) is 4.33. The van der Waals surface area contributed by atoms with Crippen LogP contribution in [0.1, 0.15) is 11.8 Å². The van der Waals surface area contributed by atoms with Crippen molar-refractivity contribution in [3.63, 3.8) is 0 Å². The number of nitrogens with one attached hydrogen (secondary N) is 2. The molecule has 7 heteroatoms. The summed E-state index contributed by atoms with van der Waals surface area (Å²) in [6, 6.07) is 8.83. The van der Waals surface area contributed by atoms with E-state index in [0.717, 1.165) is 10.8 Å². The quantitative estimate of drug-likeness (QED) is 0.761. The minimum absolute atomic E-state index is 0.177. The molecule has 3 rings (SSSR count). The molecule has 2 N–H and O–H groups in total. The van der Waals surface area contributed by atoms with Crippen molar-refractivity contribution in [2.75, 3.05) is 11.9 Å². The highest BCUT2D eigenvalue weighted by Crippen LogP contribution is 2.18. The molecule has 0 spiro atoms. The van der Waals surface area contributed by atoms with Crippen molar-refractivity contribution in [1.82, 2.24) is 15.1 Å². The molecule has 0 aliphatic rings.